The van der Waals surface area contributed by atoms with Gasteiger partial charge in [-0.25, -0.2) is 4.79 Å². The standard InChI is InChI=1S/C10H19N2O6P/c1-4-15-10(13)9(11)12-16-7-8-19(14,17-5-2)18-6-3/h7-8H,4-6H2,1-3H3,(H2,11,12)/b8-7+. The Morgan fingerprint density at radius 3 is 2.26 bits per heavy atom. The fraction of sp³-hybridized carbons (Fsp3) is 0.600. The Morgan fingerprint density at radius 1 is 1.21 bits per heavy atom. The van der Waals surface area contributed by atoms with E-state index in [9.17, 15) is 9.36 Å². The van der Waals surface area contributed by atoms with Crippen molar-refractivity contribution in [3.8, 4) is 0 Å². The highest BCUT2D eigenvalue weighted by atomic mass is 31.2. The van der Waals surface area contributed by atoms with Crippen LogP contribution < -0.4 is 5.73 Å². The first kappa shape index (κ1) is 17.6. The van der Waals surface area contributed by atoms with Gasteiger partial charge in [0.25, 0.3) is 0 Å². The molecule has 8 nitrogen and oxygen atoms in total. The molecule has 0 amide bonds. The molecule has 2 N–H and O–H groups in total. The summed E-state index contributed by atoms with van der Waals surface area (Å²) >= 11 is 0. The molecule has 0 atom stereocenters. The number of carbonyl (C=O) groups is 1. The molecule has 19 heavy (non-hydrogen) atoms. The van der Waals surface area contributed by atoms with E-state index in [0.29, 0.717) is 0 Å². The zero-order valence-electron chi connectivity index (χ0n) is 11.2. The largest absolute Gasteiger partial charge is 0.460 e. The van der Waals surface area contributed by atoms with Crippen LogP contribution in [0.15, 0.2) is 17.2 Å². The number of oxime groups is 1. The Morgan fingerprint density at radius 2 is 1.79 bits per heavy atom. The van der Waals surface area contributed by atoms with Crippen molar-refractivity contribution in [1.29, 1.82) is 0 Å². The maximum atomic E-state index is 11.9. The molecule has 0 saturated carbocycles. The Labute approximate surface area is 112 Å². The Hall–Kier alpha value is -1.37. The van der Waals surface area contributed by atoms with Gasteiger partial charge in [-0.05, 0) is 20.8 Å². The summed E-state index contributed by atoms with van der Waals surface area (Å²) in [6, 6.07) is 0. The second kappa shape index (κ2) is 9.55. The SMILES string of the molecule is CCOC(=O)/C(N)=N/O/C=C/P(=O)(OCC)OCC. The molecule has 0 aromatic carbocycles. The Kier molecular flexibility index (Phi) is 8.86. The van der Waals surface area contributed by atoms with Crippen molar-refractivity contribution < 1.29 is 28.0 Å². The summed E-state index contributed by atoms with van der Waals surface area (Å²) in [5.41, 5.74) is 5.26. The van der Waals surface area contributed by atoms with Crippen LogP contribution in [0.4, 0.5) is 0 Å². The predicted molar refractivity (Wildman–Crippen MR) is 69.3 cm³/mol. The molecule has 0 aromatic rings. The first-order valence-corrected chi connectivity index (χ1v) is 7.33. The minimum absolute atomic E-state index is 0.175. The number of hydrogen-bond acceptors (Lipinski definition) is 7. The highest BCUT2D eigenvalue weighted by Crippen LogP contribution is 2.49. The molecule has 0 bridgehead atoms. The van der Waals surface area contributed by atoms with Crippen LogP contribution in [-0.4, -0.2) is 31.6 Å². The average Bonchev–Trinajstić information content (AvgIpc) is 2.35. The third-order valence-electron chi connectivity index (χ3n) is 1.56. The molecule has 0 aliphatic heterocycles. The van der Waals surface area contributed by atoms with E-state index in [1.54, 1.807) is 20.8 Å². The number of rotatable bonds is 8. The lowest BCUT2D eigenvalue weighted by atomic mass is 10.6. The van der Waals surface area contributed by atoms with Crippen LogP contribution in [-0.2, 0) is 28.0 Å². The molecule has 9 heteroatoms. The lowest BCUT2D eigenvalue weighted by Gasteiger charge is -2.11. The second-order valence-corrected chi connectivity index (χ2v) is 4.86. The molecule has 0 aliphatic rings. The molecule has 0 saturated heterocycles. The summed E-state index contributed by atoms with van der Waals surface area (Å²) in [6.07, 6.45) is 0.970. The molecule has 0 radical (unpaired) electrons. The second-order valence-electron chi connectivity index (χ2n) is 2.96. The summed E-state index contributed by atoms with van der Waals surface area (Å²) in [4.78, 5) is 15.7. The molecular weight excluding hydrogens is 275 g/mol. The number of nitrogens with two attached hydrogens (primary N) is 1. The van der Waals surface area contributed by atoms with E-state index in [-0.39, 0.29) is 19.8 Å². The van der Waals surface area contributed by atoms with Crippen molar-refractivity contribution in [3.05, 3.63) is 12.1 Å². The van der Waals surface area contributed by atoms with Gasteiger partial charge in [0.15, 0.2) is 0 Å². The highest BCUT2D eigenvalue weighted by molar-refractivity contribution is 7.57. The maximum absolute atomic E-state index is 11.9. The maximum Gasteiger partial charge on any atom is 0.377 e. The van der Waals surface area contributed by atoms with Crippen molar-refractivity contribution in [2.75, 3.05) is 19.8 Å². The van der Waals surface area contributed by atoms with Crippen LogP contribution in [0.2, 0.25) is 0 Å². The van der Waals surface area contributed by atoms with Crippen LogP contribution in [0.3, 0.4) is 0 Å². The highest BCUT2D eigenvalue weighted by Gasteiger charge is 2.19. The molecule has 0 unspecified atom stereocenters. The molecule has 0 rings (SSSR count). The summed E-state index contributed by atoms with van der Waals surface area (Å²) in [5, 5.41) is 3.27. The van der Waals surface area contributed by atoms with Gasteiger partial charge in [-0.15, -0.1) is 0 Å². The molecule has 110 valence electrons. The monoisotopic (exact) mass is 294 g/mol. The van der Waals surface area contributed by atoms with E-state index < -0.39 is 19.4 Å². The van der Waals surface area contributed by atoms with Gasteiger partial charge in [-0.3, -0.25) is 4.57 Å². The number of esters is 1. The molecular formula is C10H19N2O6P. The third kappa shape index (κ3) is 7.61. The fourth-order valence-corrected chi connectivity index (χ4v) is 2.08. The average molecular weight is 294 g/mol. The van der Waals surface area contributed by atoms with Gasteiger partial charge in [0.05, 0.1) is 25.6 Å². The first-order valence-electron chi connectivity index (χ1n) is 5.72. The lowest BCUT2D eigenvalue weighted by Crippen LogP contribution is -2.26. The number of carbonyl (C=O) groups excluding carboxylic acids is 1. The van der Waals surface area contributed by atoms with Crippen molar-refractivity contribution in [2.24, 2.45) is 10.9 Å². The van der Waals surface area contributed by atoms with E-state index >= 15 is 0 Å². The van der Waals surface area contributed by atoms with Crippen LogP contribution in [0.1, 0.15) is 20.8 Å². The Bertz CT molecular complexity index is 372. The van der Waals surface area contributed by atoms with E-state index in [1.807, 2.05) is 0 Å². The third-order valence-corrected chi connectivity index (χ3v) is 3.28. The van der Waals surface area contributed by atoms with Gasteiger partial charge < -0.3 is 24.4 Å². The van der Waals surface area contributed by atoms with Crippen LogP contribution >= 0.6 is 7.60 Å². The smallest absolute Gasteiger partial charge is 0.377 e. The number of amidine groups is 1. The zero-order chi connectivity index (χ0) is 14.7. The quantitative estimate of drug-likeness (QED) is 0.181. The van der Waals surface area contributed by atoms with Crippen molar-refractivity contribution >= 4 is 19.4 Å². The van der Waals surface area contributed by atoms with Gasteiger partial charge in [-0.1, -0.05) is 5.16 Å². The van der Waals surface area contributed by atoms with Crippen LogP contribution in [0, 0.1) is 0 Å². The molecule has 0 spiro atoms. The molecule has 0 fully saturated rings. The van der Waals surface area contributed by atoms with Gasteiger partial charge in [0.1, 0.15) is 6.26 Å². The van der Waals surface area contributed by atoms with Crippen molar-refractivity contribution in [2.45, 2.75) is 20.8 Å². The topological polar surface area (TPSA) is 109 Å². The summed E-state index contributed by atoms with van der Waals surface area (Å²) in [5.74, 6) is -0.162. The number of hydrogen-bond donors (Lipinski definition) is 1. The van der Waals surface area contributed by atoms with Crippen LogP contribution in [0.5, 0.6) is 0 Å². The van der Waals surface area contributed by atoms with Gasteiger partial charge in [0.2, 0.25) is 5.84 Å². The predicted octanol–water partition coefficient (Wildman–Crippen LogP) is 1.58. The summed E-state index contributed by atoms with van der Waals surface area (Å²) in [6.45, 7) is 5.60. The number of nitrogens with zero attached hydrogens (tertiary/aromatic N) is 1. The van der Waals surface area contributed by atoms with E-state index in [4.69, 9.17) is 14.8 Å². The van der Waals surface area contributed by atoms with Crippen LogP contribution in [0.25, 0.3) is 0 Å². The first-order chi connectivity index (χ1) is 8.99. The van der Waals surface area contributed by atoms with Gasteiger partial charge in [-0.2, -0.15) is 0 Å². The van der Waals surface area contributed by atoms with Gasteiger partial charge >= 0.3 is 13.6 Å². The molecule has 0 aromatic heterocycles. The van der Waals surface area contributed by atoms with Crippen molar-refractivity contribution in [3.63, 3.8) is 0 Å². The van der Waals surface area contributed by atoms with E-state index in [1.165, 1.54) is 0 Å². The normalized spacial score (nSPS) is 12.7. The molecule has 0 heterocycles. The van der Waals surface area contributed by atoms with Gasteiger partial charge in [0, 0.05) is 0 Å². The van der Waals surface area contributed by atoms with E-state index in [0.717, 1.165) is 12.1 Å². The van der Waals surface area contributed by atoms with Crippen molar-refractivity contribution in [1.82, 2.24) is 0 Å². The van der Waals surface area contributed by atoms with E-state index in [2.05, 4.69) is 14.7 Å². The Balaban J connectivity index is 4.44. The summed E-state index contributed by atoms with van der Waals surface area (Å²) in [7, 11) is -3.35. The summed E-state index contributed by atoms with van der Waals surface area (Å²) < 4.78 is 26.4. The minimum atomic E-state index is -3.35. The fourth-order valence-electron chi connectivity index (χ4n) is 0.914. The zero-order valence-corrected chi connectivity index (χ0v) is 12.1. The number of ether oxygens (including phenoxy) is 1. The lowest BCUT2D eigenvalue weighted by molar-refractivity contribution is -0.135. The molecule has 0 aliphatic carbocycles. The minimum Gasteiger partial charge on any atom is -0.460 e.